The Hall–Kier alpha value is -4.08. The van der Waals surface area contributed by atoms with E-state index in [9.17, 15) is 19.2 Å². The van der Waals surface area contributed by atoms with Crippen LogP contribution in [0.25, 0.3) is 0 Å². The van der Waals surface area contributed by atoms with Crippen molar-refractivity contribution < 1.29 is 23.9 Å². The van der Waals surface area contributed by atoms with Gasteiger partial charge in [0.05, 0.1) is 18.6 Å². The molecule has 0 aliphatic carbocycles. The zero-order chi connectivity index (χ0) is 31.3. The standard InChI is InChI=1S/C34H45N5O5/c1-23-11-13-27-18-26(23)20-35-31(41)28(14-12-24-8-5-4-6-9-24)36-32(42)29(39-22-34(2,3)37-33(39)43)19-30(40)38-16-7-10-25(21-38)15-17-44-27/h4-6,8-9,11,13,18,25,28-29H,7,10,12,14-17,19-22H2,1-3H3,(H,35,41)(H,36,42)(H,37,43)/t25?,28-,29-/m0/s1. The predicted octanol–water partition coefficient (Wildman–Crippen LogP) is 3.31. The van der Waals surface area contributed by atoms with Crippen LogP contribution in [0.15, 0.2) is 48.5 Å². The fourth-order valence-electron chi connectivity index (χ4n) is 6.39. The number of hydrogen-bond donors (Lipinski definition) is 3. The molecule has 0 saturated carbocycles. The van der Waals surface area contributed by atoms with Gasteiger partial charge in [-0.1, -0.05) is 36.4 Å². The van der Waals surface area contributed by atoms with Crippen LogP contribution >= 0.6 is 0 Å². The molecule has 3 heterocycles. The first-order chi connectivity index (χ1) is 21.1. The minimum Gasteiger partial charge on any atom is -0.494 e. The Morgan fingerprint density at radius 1 is 1.00 bits per heavy atom. The number of aryl methyl sites for hydroxylation is 2. The summed E-state index contributed by atoms with van der Waals surface area (Å²) in [4.78, 5) is 57.7. The summed E-state index contributed by atoms with van der Waals surface area (Å²) in [7, 11) is 0. The minimum atomic E-state index is -1.04. The molecular formula is C34H45N5O5. The van der Waals surface area contributed by atoms with Crippen molar-refractivity contribution in [2.24, 2.45) is 5.92 Å². The molecule has 0 aromatic heterocycles. The lowest BCUT2D eigenvalue weighted by Crippen LogP contribution is -2.56. The maximum atomic E-state index is 14.0. The number of piperidine rings is 1. The van der Waals surface area contributed by atoms with Gasteiger partial charge in [-0.05, 0) is 87.6 Å². The highest BCUT2D eigenvalue weighted by Crippen LogP contribution is 2.25. The van der Waals surface area contributed by atoms with Gasteiger partial charge in [0.1, 0.15) is 17.8 Å². The van der Waals surface area contributed by atoms with Crippen LogP contribution in [0.4, 0.5) is 4.79 Å². The number of fused-ring (bicyclic) bond motifs is 4. The number of amides is 5. The highest BCUT2D eigenvalue weighted by atomic mass is 16.5. The highest BCUT2D eigenvalue weighted by molar-refractivity contribution is 5.95. The van der Waals surface area contributed by atoms with Crippen LogP contribution in [-0.4, -0.2) is 77.4 Å². The fourth-order valence-corrected chi connectivity index (χ4v) is 6.39. The average Bonchev–Trinajstić information content (AvgIpc) is 3.29. The molecular weight excluding hydrogens is 558 g/mol. The monoisotopic (exact) mass is 603 g/mol. The van der Waals surface area contributed by atoms with Gasteiger partial charge in [-0.3, -0.25) is 14.4 Å². The van der Waals surface area contributed by atoms with Gasteiger partial charge in [0.15, 0.2) is 0 Å². The molecule has 2 saturated heterocycles. The molecule has 2 fully saturated rings. The van der Waals surface area contributed by atoms with Crippen molar-refractivity contribution in [3.63, 3.8) is 0 Å². The second-order valence-electron chi connectivity index (χ2n) is 13.0. The van der Waals surface area contributed by atoms with Crippen molar-refractivity contribution in [3.8, 4) is 5.75 Å². The lowest BCUT2D eigenvalue weighted by atomic mass is 9.94. The highest BCUT2D eigenvalue weighted by Gasteiger charge is 2.43. The van der Waals surface area contributed by atoms with E-state index in [4.69, 9.17) is 4.74 Å². The third kappa shape index (κ3) is 7.89. The molecule has 1 unspecified atom stereocenters. The number of rotatable bonds is 4. The van der Waals surface area contributed by atoms with E-state index in [0.29, 0.717) is 38.5 Å². The molecule has 3 N–H and O–H groups in total. The van der Waals surface area contributed by atoms with Gasteiger partial charge in [0.25, 0.3) is 0 Å². The Kier molecular flexibility index (Phi) is 9.76. The van der Waals surface area contributed by atoms with Gasteiger partial charge in [0, 0.05) is 26.2 Å². The first-order valence-corrected chi connectivity index (χ1v) is 15.8. The maximum Gasteiger partial charge on any atom is 0.318 e. The molecule has 44 heavy (non-hydrogen) atoms. The predicted molar refractivity (Wildman–Crippen MR) is 167 cm³/mol. The molecule has 3 aliphatic rings. The minimum absolute atomic E-state index is 0.144. The zero-order valence-corrected chi connectivity index (χ0v) is 26.1. The number of nitrogens with one attached hydrogen (secondary N) is 3. The van der Waals surface area contributed by atoms with Gasteiger partial charge < -0.3 is 30.5 Å². The van der Waals surface area contributed by atoms with E-state index >= 15 is 0 Å². The van der Waals surface area contributed by atoms with Crippen molar-refractivity contribution in [2.75, 3.05) is 26.2 Å². The Morgan fingerprint density at radius 2 is 1.80 bits per heavy atom. The van der Waals surface area contributed by atoms with Gasteiger partial charge in [0.2, 0.25) is 17.7 Å². The van der Waals surface area contributed by atoms with Crippen LogP contribution in [0, 0.1) is 12.8 Å². The van der Waals surface area contributed by atoms with Crippen molar-refractivity contribution in [3.05, 3.63) is 65.2 Å². The first-order valence-electron chi connectivity index (χ1n) is 15.8. The van der Waals surface area contributed by atoms with Crippen molar-refractivity contribution in [1.82, 2.24) is 25.8 Å². The van der Waals surface area contributed by atoms with E-state index < -0.39 is 23.5 Å². The summed E-state index contributed by atoms with van der Waals surface area (Å²) in [5.41, 5.74) is 2.45. The van der Waals surface area contributed by atoms with E-state index in [1.54, 1.807) is 0 Å². The summed E-state index contributed by atoms with van der Waals surface area (Å²) >= 11 is 0. The second-order valence-corrected chi connectivity index (χ2v) is 13.0. The van der Waals surface area contributed by atoms with Crippen LogP contribution < -0.4 is 20.7 Å². The number of hydrogen-bond acceptors (Lipinski definition) is 5. The Labute approximate surface area is 259 Å². The van der Waals surface area contributed by atoms with Crippen LogP contribution in [0.3, 0.4) is 0 Å². The normalized spacial score (nSPS) is 24.8. The topological polar surface area (TPSA) is 120 Å². The lowest BCUT2D eigenvalue weighted by molar-refractivity contribution is -0.138. The molecule has 10 nitrogen and oxygen atoms in total. The van der Waals surface area contributed by atoms with Gasteiger partial charge in [-0.25, -0.2) is 4.79 Å². The van der Waals surface area contributed by atoms with Crippen molar-refractivity contribution >= 4 is 23.8 Å². The molecule has 0 spiro atoms. The third-order valence-corrected chi connectivity index (χ3v) is 8.96. The number of nitrogens with zero attached hydrogens (tertiary/aromatic N) is 2. The quantitative estimate of drug-likeness (QED) is 0.496. The largest absolute Gasteiger partial charge is 0.494 e. The summed E-state index contributed by atoms with van der Waals surface area (Å²) in [6.45, 7) is 8.05. The first kappa shape index (κ1) is 31.3. The van der Waals surface area contributed by atoms with Crippen LogP contribution in [0.5, 0.6) is 5.75 Å². The van der Waals surface area contributed by atoms with Crippen LogP contribution in [0.2, 0.25) is 0 Å². The molecule has 4 bridgehead atoms. The summed E-state index contributed by atoms with van der Waals surface area (Å²) in [6, 6.07) is 13.4. The van der Waals surface area contributed by atoms with E-state index in [0.717, 1.165) is 41.7 Å². The van der Waals surface area contributed by atoms with Crippen molar-refractivity contribution in [1.29, 1.82) is 0 Å². The number of ether oxygens (including phenoxy) is 1. The number of urea groups is 1. The molecule has 3 aliphatic heterocycles. The zero-order valence-electron chi connectivity index (χ0n) is 26.1. The summed E-state index contributed by atoms with van der Waals surface area (Å²) in [5.74, 6) is 0.0486. The second kappa shape index (κ2) is 13.7. The van der Waals surface area contributed by atoms with E-state index in [1.165, 1.54) is 4.90 Å². The summed E-state index contributed by atoms with van der Waals surface area (Å²) in [6.07, 6.45) is 3.47. The van der Waals surface area contributed by atoms with E-state index in [1.807, 2.05) is 74.2 Å². The summed E-state index contributed by atoms with van der Waals surface area (Å²) in [5, 5.41) is 8.87. The SMILES string of the molecule is Cc1ccc2cc1CNC(=O)[C@H](CCc1ccccc1)NC(=O)[C@@H](N1CC(C)(C)NC1=O)CC(=O)N1CCCC(CCO2)C1. The fraction of sp³-hybridized carbons (Fsp3) is 0.529. The molecule has 0 radical (unpaired) electrons. The molecule has 2 aromatic carbocycles. The number of benzene rings is 2. The summed E-state index contributed by atoms with van der Waals surface area (Å²) < 4.78 is 6.11. The third-order valence-electron chi connectivity index (χ3n) is 8.96. The van der Waals surface area contributed by atoms with Gasteiger partial charge in [-0.2, -0.15) is 0 Å². The molecule has 5 rings (SSSR count). The van der Waals surface area contributed by atoms with Crippen LogP contribution in [-0.2, 0) is 27.3 Å². The average molecular weight is 604 g/mol. The molecule has 2 aromatic rings. The van der Waals surface area contributed by atoms with Crippen LogP contribution in [0.1, 0.15) is 62.6 Å². The molecule has 236 valence electrons. The maximum absolute atomic E-state index is 14.0. The molecule has 3 atom stereocenters. The van der Waals surface area contributed by atoms with Gasteiger partial charge in [-0.15, -0.1) is 0 Å². The number of carbonyl (C=O) groups excluding carboxylic acids is 4. The van der Waals surface area contributed by atoms with E-state index in [-0.39, 0.29) is 37.4 Å². The smallest absolute Gasteiger partial charge is 0.318 e. The Balaban J connectivity index is 1.44. The lowest BCUT2D eigenvalue weighted by Gasteiger charge is -2.35. The molecule has 5 amide bonds. The Morgan fingerprint density at radius 3 is 2.55 bits per heavy atom. The number of carbonyl (C=O) groups is 4. The van der Waals surface area contributed by atoms with Gasteiger partial charge >= 0.3 is 6.03 Å². The molecule has 10 heteroatoms. The van der Waals surface area contributed by atoms with E-state index in [2.05, 4.69) is 16.0 Å². The van der Waals surface area contributed by atoms with Crippen molar-refractivity contribution in [2.45, 2.75) is 83.5 Å². The Bertz CT molecular complexity index is 1360.